The lowest BCUT2D eigenvalue weighted by molar-refractivity contribution is -0.137. The molecule has 0 saturated carbocycles. The van der Waals surface area contributed by atoms with Crippen molar-refractivity contribution in [3.05, 3.63) is 33.4 Å². The molecular formula is C22H22Cl2F6N4O5S. The molecule has 2 rings (SSSR count). The Hall–Kier alpha value is -2.58. The molecule has 0 saturated heterocycles. The van der Waals surface area contributed by atoms with Crippen LogP contribution >= 0.6 is 23.2 Å². The summed E-state index contributed by atoms with van der Waals surface area (Å²) in [6.45, 7) is 4.05. The molecule has 1 aromatic heterocycles. The van der Waals surface area contributed by atoms with Gasteiger partial charge in [0.05, 0.1) is 28.8 Å². The molecule has 1 aromatic carbocycles. The van der Waals surface area contributed by atoms with E-state index in [1.54, 1.807) is 13.8 Å². The highest BCUT2D eigenvalue weighted by Crippen LogP contribution is 2.42. The number of hydrogen-bond donors (Lipinski definition) is 0. The van der Waals surface area contributed by atoms with E-state index in [4.69, 9.17) is 37.4 Å². The molecule has 0 aliphatic heterocycles. The molecule has 1 atom stereocenters. The smallest absolute Gasteiger partial charge is 0.449 e. The number of carbonyl (C=O) groups is 1. The molecule has 0 aliphatic rings. The highest BCUT2D eigenvalue weighted by Gasteiger charge is 2.44. The number of ether oxygens (including phenoxy) is 3. The Morgan fingerprint density at radius 1 is 1.10 bits per heavy atom. The lowest BCUT2D eigenvalue weighted by Crippen LogP contribution is -2.33. The first-order valence-electron chi connectivity index (χ1n) is 11.2. The van der Waals surface area contributed by atoms with Crippen LogP contribution in [0.3, 0.4) is 0 Å². The third-order valence-electron chi connectivity index (χ3n) is 5.03. The molecule has 1 unspecified atom stereocenters. The van der Waals surface area contributed by atoms with Crippen molar-refractivity contribution in [2.45, 2.75) is 30.4 Å². The van der Waals surface area contributed by atoms with E-state index in [0.29, 0.717) is 34.9 Å². The van der Waals surface area contributed by atoms with Crippen LogP contribution in [-0.2, 0) is 31.2 Å². The summed E-state index contributed by atoms with van der Waals surface area (Å²) in [5.41, 5.74) is -8.38. The summed E-state index contributed by atoms with van der Waals surface area (Å²) in [5.74, 6) is -1.40. The van der Waals surface area contributed by atoms with Gasteiger partial charge in [-0.15, -0.1) is 0 Å². The normalized spacial score (nSPS) is 12.9. The highest BCUT2D eigenvalue weighted by atomic mass is 35.5. The van der Waals surface area contributed by atoms with Crippen LogP contribution in [0.1, 0.15) is 25.1 Å². The average molecular weight is 639 g/mol. The van der Waals surface area contributed by atoms with Gasteiger partial charge < -0.3 is 14.2 Å². The van der Waals surface area contributed by atoms with Crippen molar-refractivity contribution in [1.82, 2.24) is 9.78 Å². The maximum atomic E-state index is 13.6. The van der Waals surface area contributed by atoms with Gasteiger partial charge in [-0.2, -0.15) is 36.7 Å². The van der Waals surface area contributed by atoms with Crippen LogP contribution in [0, 0.1) is 17.2 Å². The number of hydrogen-bond acceptors (Lipinski definition) is 7. The summed E-state index contributed by atoms with van der Waals surface area (Å²) >= 11 is 12.0. The minimum Gasteiger partial charge on any atom is -0.449 e. The Morgan fingerprint density at radius 3 is 2.05 bits per heavy atom. The van der Waals surface area contributed by atoms with Gasteiger partial charge in [0.1, 0.15) is 23.3 Å². The fraction of sp³-hybridized carbons (Fsp3) is 0.500. The Labute approximate surface area is 236 Å². The molecule has 2 aromatic rings. The summed E-state index contributed by atoms with van der Waals surface area (Å²) in [6.07, 6.45) is -6.18. The quantitative estimate of drug-likeness (QED) is 0.280. The lowest BCUT2D eigenvalue weighted by atomic mass is 10.2. The predicted octanol–water partition coefficient (Wildman–Crippen LogP) is 5.96. The van der Waals surface area contributed by atoms with E-state index in [2.05, 4.69) is 5.10 Å². The Balaban J connectivity index is 2.67. The zero-order valence-electron chi connectivity index (χ0n) is 21.0. The van der Waals surface area contributed by atoms with Crippen molar-refractivity contribution in [3.8, 4) is 11.8 Å². The van der Waals surface area contributed by atoms with E-state index in [0.717, 1.165) is 7.05 Å². The fourth-order valence-electron chi connectivity index (χ4n) is 3.22. The molecule has 0 N–H and O–H groups in total. The second-order valence-corrected chi connectivity index (χ2v) is 10.1. The number of alkyl halides is 6. The molecule has 222 valence electrons. The topological polar surface area (TPSA) is 107 Å². The Bertz CT molecular complexity index is 1250. The number of nitriles is 1. The molecular weight excluding hydrogens is 617 g/mol. The van der Waals surface area contributed by atoms with Gasteiger partial charge in [0.2, 0.25) is 0 Å². The number of halogens is 8. The summed E-state index contributed by atoms with van der Waals surface area (Å²) < 4.78 is 109. The van der Waals surface area contributed by atoms with E-state index < -0.39 is 72.2 Å². The number of benzene rings is 1. The minimum absolute atomic E-state index is 0.115. The van der Waals surface area contributed by atoms with Gasteiger partial charge in [0, 0.05) is 26.2 Å². The van der Waals surface area contributed by atoms with Crippen molar-refractivity contribution in [3.63, 3.8) is 0 Å². The molecule has 0 spiro atoms. The monoisotopic (exact) mass is 638 g/mol. The molecule has 40 heavy (non-hydrogen) atoms. The number of rotatable bonds is 11. The second-order valence-electron chi connectivity index (χ2n) is 7.85. The number of anilines is 1. The van der Waals surface area contributed by atoms with Gasteiger partial charge in [-0.25, -0.2) is 13.7 Å². The van der Waals surface area contributed by atoms with Crippen LogP contribution in [0.2, 0.25) is 10.0 Å². The first-order chi connectivity index (χ1) is 18.6. The molecule has 0 radical (unpaired) electrons. The van der Waals surface area contributed by atoms with Gasteiger partial charge in [0.25, 0.3) is 0 Å². The summed E-state index contributed by atoms with van der Waals surface area (Å²) in [5, 5.41) is 11.6. The molecule has 0 fully saturated rings. The van der Waals surface area contributed by atoms with Crippen LogP contribution in [0.25, 0.3) is 5.69 Å². The summed E-state index contributed by atoms with van der Waals surface area (Å²) in [4.78, 5) is 12.2. The maximum Gasteiger partial charge on any atom is 0.476 e. The van der Waals surface area contributed by atoms with Crippen LogP contribution in [-0.4, -0.2) is 65.7 Å². The standard InChI is InChI=1S/C22H22Cl2F6N4O5S/c1-4-37-9-12(10-38-5-2)11-39-20(35)33(3)19-18(40(36)22(28,29)30)16(8-31)32-34(19)17-14(23)6-13(7-15(17)24)21(25,26)27/h6-7,12H,4-5,9-11H2,1-3H3. The molecule has 9 nitrogen and oxygen atoms in total. The predicted molar refractivity (Wildman–Crippen MR) is 132 cm³/mol. The van der Waals surface area contributed by atoms with Crippen LogP contribution < -0.4 is 4.90 Å². The average Bonchev–Trinajstić information content (AvgIpc) is 3.24. The highest BCUT2D eigenvalue weighted by molar-refractivity contribution is 7.86. The fourth-order valence-corrected chi connectivity index (χ4v) is 4.75. The van der Waals surface area contributed by atoms with Gasteiger partial charge in [-0.05, 0) is 26.0 Å². The van der Waals surface area contributed by atoms with E-state index in [1.807, 2.05) is 0 Å². The third-order valence-corrected chi connectivity index (χ3v) is 6.77. The summed E-state index contributed by atoms with van der Waals surface area (Å²) in [7, 11) is -3.01. The number of nitrogens with zero attached hydrogens (tertiary/aromatic N) is 4. The van der Waals surface area contributed by atoms with Crippen molar-refractivity contribution >= 4 is 45.9 Å². The van der Waals surface area contributed by atoms with E-state index in [1.165, 1.54) is 6.07 Å². The van der Waals surface area contributed by atoms with Gasteiger partial charge in [-0.3, -0.25) is 4.90 Å². The van der Waals surface area contributed by atoms with Crippen LogP contribution in [0.4, 0.5) is 37.0 Å². The van der Waals surface area contributed by atoms with Gasteiger partial charge >= 0.3 is 17.8 Å². The largest absolute Gasteiger partial charge is 0.476 e. The molecule has 1 amide bonds. The number of amides is 1. The molecule has 0 aliphatic carbocycles. The molecule has 1 heterocycles. The Kier molecular flexibility index (Phi) is 11.6. The van der Waals surface area contributed by atoms with Crippen molar-refractivity contribution in [1.29, 1.82) is 5.26 Å². The first-order valence-corrected chi connectivity index (χ1v) is 13.1. The number of aromatic nitrogens is 2. The Morgan fingerprint density at radius 2 is 1.62 bits per heavy atom. The third kappa shape index (κ3) is 8.00. The first kappa shape index (κ1) is 33.6. The van der Waals surface area contributed by atoms with Crippen molar-refractivity contribution < 1.29 is 49.6 Å². The van der Waals surface area contributed by atoms with E-state index >= 15 is 0 Å². The molecule has 0 bridgehead atoms. The lowest BCUT2D eigenvalue weighted by Gasteiger charge is -2.23. The van der Waals surface area contributed by atoms with E-state index in [9.17, 15) is 40.6 Å². The van der Waals surface area contributed by atoms with Gasteiger partial charge in [0.15, 0.2) is 22.3 Å². The van der Waals surface area contributed by atoms with Crippen LogP contribution in [0.5, 0.6) is 0 Å². The van der Waals surface area contributed by atoms with E-state index in [-0.39, 0.29) is 19.8 Å². The van der Waals surface area contributed by atoms with Crippen LogP contribution in [0.15, 0.2) is 17.0 Å². The van der Waals surface area contributed by atoms with Crippen molar-refractivity contribution in [2.24, 2.45) is 5.92 Å². The summed E-state index contributed by atoms with van der Waals surface area (Å²) in [6, 6.07) is 2.18. The second kappa shape index (κ2) is 13.9. The zero-order chi connectivity index (χ0) is 30.4. The number of carbonyl (C=O) groups excluding carboxylic acids is 1. The zero-order valence-corrected chi connectivity index (χ0v) is 23.4. The molecule has 18 heteroatoms. The maximum absolute atomic E-state index is 13.6. The van der Waals surface area contributed by atoms with Gasteiger partial charge in [-0.1, -0.05) is 23.2 Å². The SMILES string of the molecule is CCOCC(COCC)COC(=O)N(C)c1c(S(=O)C(F)(F)F)c(C#N)nn1-c1c(Cl)cc(C(F)(F)F)cc1Cl. The minimum atomic E-state index is -5.42. The van der Waals surface area contributed by atoms with Crippen molar-refractivity contribution in [2.75, 3.05) is 45.0 Å².